The molecular weight excluding hydrogens is 170 g/mol. The maximum atomic E-state index is 11.2. The van der Waals surface area contributed by atoms with Crippen molar-refractivity contribution < 1.29 is 14.4 Å². The van der Waals surface area contributed by atoms with Crippen molar-refractivity contribution in [3.63, 3.8) is 0 Å². The van der Waals surface area contributed by atoms with Crippen molar-refractivity contribution in [1.29, 1.82) is 0 Å². The van der Waals surface area contributed by atoms with Crippen molar-refractivity contribution in [3.8, 4) is 0 Å². The van der Waals surface area contributed by atoms with Gasteiger partial charge >= 0.3 is 0 Å². The van der Waals surface area contributed by atoms with Crippen LogP contribution in [-0.2, 0) is 14.4 Å². The summed E-state index contributed by atoms with van der Waals surface area (Å²) in [6.07, 6.45) is 2.50. The molecule has 0 aromatic rings. The van der Waals surface area contributed by atoms with Gasteiger partial charge in [0.25, 0.3) is 0 Å². The zero-order chi connectivity index (χ0) is 9.84. The van der Waals surface area contributed by atoms with Crippen LogP contribution in [0.5, 0.6) is 0 Å². The molecule has 1 aliphatic carbocycles. The summed E-state index contributed by atoms with van der Waals surface area (Å²) in [6, 6.07) is 0. The quantitative estimate of drug-likeness (QED) is 0.353. The molecule has 0 saturated heterocycles. The van der Waals surface area contributed by atoms with Crippen LogP contribution in [0, 0.1) is 0 Å². The normalized spacial score (nSPS) is 16.6. The largest absolute Gasteiger partial charge is 0.289 e. The molecule has 4 nitrogen and oxygen atoms in total. The summed E-state index contributed by atoms with van der Waals surface area (Å²) in [5.74, 6) is 1.38. The number of nitrogens with zero attached hydrogens (tertiary/aromatic N) is 1. The van der Waals surface area contributed by atoms with Gasteiger partial charge in [0, 0.05) is 18.8 Å². The lowest BCUT2D eigenvalue weighted by molar-refractivity contribution is -0.113. The highest BCUT2D eigenvalue weighted by Crippen LogP contribution is 2.20. The Balaban J connectivity index is 2.84. The van der Waals surface area contributed by atoms with Crippen LogP contribution in [0.3, 0.4) is 0 Å². The Bertz CT molecular complexity index is 300. The first-order valence-corrected chi connectivity index (χ1v) is 3.95. The van der Waals surface area contributed by atoms with Gasteiger partial charge in [0.15, 0.2) is 5.78 Å². The van der Waals surface area contributed by atoms with E-state index in [1.165, 1.54) is 18.2 Å². The lowest BCUT2D eigenvalue weighted by atomic mass is 9.99. The standard InChI is InChI=1S/C9H11NO3/c1-10(13-2)8-4-3-7(6-11)9(12)5-8/h5H,3-4H2,1-2H3. The summed E-state index contributed by atoms with van der Waals surface area (Å²) in [6.45, 7) is 0. The fraction of sp³-hybridized carbons (Fsp3) is 0.444. The molecule has 0 amide bonds. The van der Waals surface area contributed by atoms with Gasteiger partial charge in [0.1, 0.15) is 5.94 Å². The second kappa shape index (κ2) is 4.03. The molecule has 0 fully saturated rings. The van der Waals surface area contributed by atoms with Crippen LogP contribution in [0.1, 0.15) is 12.8 Å². The average molecular weight is 181 g/mol. The van der Waals surface area contributed by atoms with Crippen molar-refractivity contribution in [1.82, 2.24) is 5.06 Å². The second-order valence-electron chi connectivity index (χ2n) is 2.76. The van der Waals surface area contributed by atoms with E-state index in [1.807, 2.05) is 0 Å². The van der Waals surface area contributed by atoms with Crippen LogP contribution in [0.2, 0.25) is 0 Å². The van der Waals surface area contributed by atoms with Gasteiger partial charge < -0.3 is 0 Å². The third-order valence-corrected chi connectivity index (χ3v) is 2.03. The number of hydrogen-bond donors (Lipinski definition) is 0. The molecule has 0 saturated carbocycles. The first kappa shape index (κ1) is 9.71. The molecule has 4 heteroatoms. The predicted molar refractivity (Wildman–Crippen MR) is 46.3 cm³/mol. The molecule has 13 heavy (non-hydrogen) atoms. The van der Waals surface area contributed by atoms with Gasteiger partial charge in [0.2, 0.25) is 0 Å². The Kier molecular flexibility index (Phi) is 3.01. The fourth-order valence-corrected chi connectivity index (χ4v) is 1.15. The van der Waals surface area contributed by atoms with Gasteiger partial charge in [-0.1, -0.05) is 0 Å². The Morgan fingerprint density at radius 2 is 2.23 bits per heavy atom. The number of rotatable bonds is 2. The lowest BCUT2D eigenvalue weighted by Gasteiger charge is -2.21. The van der Waals surface area contributed by atoms with Crippen LogP contribution in [0.4, 0.5) is 0 Å². The van der Waals surface area contributed by atoms with E-state index in [2.05, 4.69) is 0 Å². The van der Waals surface area contributed by atoms with Gasteiger partial charge in [-0.05, 0) is 12.8 Å². The third-order valence-electron chi connectivity index (χ3n) is 2.03. The Labute approximate surface area is 76.4 Å². The van der Waals surface area contributed by atoms with E-state index >= 15 is 0 Å². The molecule has 0 aromatic carbocycles. The monoisotopic (exact) mass is 181 g/mol. The zero-order valence-electron chi connectivity index (χ0n) is 7.66. The zero-order valence-corrected chi connectivity index (χ0v) is 7.66. The lowest BCUT2D eigenvalue weighted by Crippen LogP contribution is -2.21. The highest BCUT2D eigenvalue weighted by atomic mass is 16.7. The molecule has 70 valence electrons. The molecular formula is C9H11NO3. The van der Waals surface area contributed by atoms with Crippen LogP contribution in [0.25, 0.3) is 0 Å². The van der Waals surface area contributed by atoms with E-state index in [9.17, 15) is 9.59 Å². The van der Waals surface area contributed by atoms with E-state index in [4.69, 9.17) is 4.84 Å². The van der Waals surface area contributed by atoms with E-state index in [0.29, 0.717) is 12.8 Å². The summed E-state index contributed by atoms with van der Waals surface area (Å²) in [5, 5.41) is 1.51. The number of hydrogen-bond acceptors (Lipinski definition) is 4. The molecule has 0 unspecified atom stereocenters. The van der Waals surface area contributed by atoms with Crippen molar-refractivity contribution in [3.05, 3.63) is 17.3 Å². The first-order valence-electron chi connectivity index (χ1n) is 3.95. The highest BCUT2D eigenvalue weighted by molar-refractivity contribution is 6.10. The molecule has 0 N–H and O–H groups in total. The minimum atomic E-state index is -0.264. The maximum absolute atomic E-state index is 11.2. The Morgan fingerprint density at radius 3 is 2.69 bits per heavy atom. The molecule has 0 radical (unpaired) electrons. The molecule has 0 atom stereocenters. The van der Waals surface area contributed by atoms with Crippen LogP contribution in [-0.4, -0.2) is 30.9 Å². The van der Waals surface area contributed by atoms with Crippen LogP contribution >= 0.6 is 0 Å². The van der Waals surface area contributed by atoms with E-state index in [1.54, 1.807) is 13.0 Å². The number of allylic oxidation sites excluding steroid dienone is 3. The molecule has 1 rings (SSSR count). The highest BCUT2D eigenvalue weighted by Gasteiger charge is 2.18. The Morgan fingerprint density at radius 1 is 1.54 bits per heavy atom. The summed E-state index contributed by atoms with van der Waals surface area (Å²) in [4.78, 5) is 26.4. The van der Waals surface area contributed by atoms with E-state index < -0.39 is 0 Å². The van der Waals surface area contributed by atoms with Gasteiger partial charge in [-0.3, -0.25) is 14.7 Å². The number of ketones is 1. The predicted octanol–water partition coefficient (Wildman–Crippen LogP) is 0.484. The van der Waals surface area contributed by atoms with Crippen molar-refractivity contribution >= 4 is 11.7 Å². The molecule has 0 bridgehead atoms. The molecule has 1 aliphatic rings. The maximum Gasteiger partial charge on any atom is 0.194 e. The second-order valence-corrected chi connectivity index (χ2v) is 2.76. The fourth-order valence-electron chi connectivity index (χ4n) is 1.15. The summed E-state index contributed by atoms with van der Waals surface area (Å²) >= 11 is 0. The first-order chi connectivity index (χ1) is 6.19. The number of hydroxylamine groups is 2. The van der Waals surface area contributed by atoms with Gasteiger partial charge in [-0.2, -0.15) is 0 Å². The topological polar surface area (TPSA) is 46.6 Å². The van der Waals surface area contributed by atoms with Gasteiger partial charge in [0.05, 0.1) is 12.7 Å². The number of carbonyl (C=O) groups excluding carboxylic acids is 2. The molecule has 0 heterocycles. The van der Waals surface area contributed by atoms with Crippen molar-refractivity contribution in [2.24, 2.45) is 0 Å². The van der Waals surface area contributed by atoms with Gasteiger partial charge in [-0.25, -0.2) is 4.79 Å². The third kappa shape index (κ3) is 2.05. The van der Waals surface area contributed by atoms with Crippen LogP contribution < -0.4 is 0 Å². The molecule has 0 aliphatic heterocycles. The average Bonchev–Trinajstić information content (AvgIpc) is 2.16. The minimum Gasteiger partial charge on any atom is -0.289 e. The van der Waals surface area contributed by atoms with Crippen molar-refractivity contribution in [2.45, 2.75) is 12.8 Å². The summed E-state index contributed by atoms with van der Waals surface area (Å²) in [7, 11) is 3.24. The van der Waals surface area contributed by atoms with Crippen molar-refractivity contribution in [2.75, 3.05) is 14.2 Å². The van der Waals surface area contributed by atoms with Gasteiger partial charge in [-0.15, -0.1) is 0 Å². The van der Waals surface area contributed by atoms with E-state index in [-0.39, 0.29) is 11.4 Å². The molecule has 0 spiro atoms. The van der Waals surface area contributed by atoms with Crippen LogP contribution in [0.15, 0.2) is 17.3 Å². The smallest absolute Gasteiger partial charge is 0.194 e. The Hall–Kier alpha value is -1.38. The van der Waals surface area contributed by atoms with E-state index in [0.717, 1.165) is 5.70 Å². The minimum absolute atomic E-state index is 0.216. The SMILES string of the molecule is CON(C)C1=CC(=O)C(=C=O)CC1. The molecule has 0 aromatic heterocycles. The summed E-state index contributed by atoms with van der Waals surface area (Å²) < 4.78 is 0. The number of carbonyl (C=O) groups is 1. The summed E-state index contributed by atoms with van der Waals surface area (Å²) in [5.41, 5.74) is 1.000.